The molecule has 0 bridgehead atoms. The molecule has 106 valence electrons. The van der Waals surface area contributed by atoms with E-state index >= 15 is 0 Å². The van der Waals surface area contributed by atoms with Gasteiger partial charge in [-0.2, -0.15) is 0 Å². The standard InChI is InChI=1S/C16H29ClO/c1-2-7-14(17)8-6-9-15-10-13-16(18-15)11-4-3-5-12-16/h14-15H,2-13H2,1H3. The third-order valence-corrected chi connectivity index (χ3v) is 5.19. The SMILES string of the molecule is CCCC(Cl)CCCC1CCC2(CCCCC2)O1. The largest absolute Gasteiger partial charge is 0.372 e. The second-order valence-corrected chi connectivity index (χ2v) is 6.96. The highest BCUT2D eigenvalue weighted by molar-refractivity contribution is 6.20. The van der Waals surface area contributed by atoms with Gasteiger partial charge in [0.05, 0.1) is 11.7 Å². The molecular weight excluding hydrogens is 244 g/mol. The number of ether oxygens (including phenoxy) is 1. The summed E-state index contributed by atoms with van der Waals surface area (Å²) in [6, 6.07) is 0. The molecule has 0 radical (unpaired) electrons. The predicted molar refractivity (Wildman–Crippen MR) is 78.3 cm³/mol. The molecular formula is C16H29ClO. The van der Waals surface area contributed by atoms with E-state index in [2.05, 4.69) is 6.92 Å². The molecule has 2 unspecified atom stereocenters. The smallest absolute Gasteiger partial charge is 0.0687 e. The van der Waals surface area contributed by atoms with Crippen LogP contribution in [-0.2, 0) is 4.74 Å². The van der Waals surface area contributed by atoms with Crippen molar-refractivity contribution in [1.29, 1.82) is 0 Å². The zero-order chi connectivity index (χ0) is 12.8. The van der Waals surface area contributed by atoms with Crippen LogP contribution in [0.1, 0.15) is 84.0 Å². The van der Waals surface area contributed by atoms with Gasteiger partial charge >= 0.3 is 0 Å². The fraction of sp³-hybridized carbons (Fsp3) is 1.00. The molecule has 0 aromatic heterocycles. The molecule has 2 fully saturated rings. The fourth-order valence-corrected chi connectivity index (χ4v) is 4.06. The van der Waals surface area contributed by atoms with Crippen LogP contribution in [0.5, 0.6) is 0 Å². The molecule has 0 aromatic rings. The Labute approximate surface area is 118 Å². The lowest BCUT2D eigenvalue weighted by molar-refractivity contribution is -0.0660. The maximum absolute atomic E-state index is 6.39. The van der Waals surface area contributed by atoms with Gasteiger partial charge < -0.3 is 4.74 Å². The van der Waals surface area contributed by atoms with E-state index in [4.69, 9.17) is 16.3 Å². The molecule has 0 aromatic carbocycles. The van der Waals surface area contributed by atoms with Gasteiger partial charge in [-0.25, -0.2) is 0 Å². The van der Waals surface area contributed by atoms with Crippen molar-refractivity contribution in [2.24, 2.45) is 0 Å². The lowest BCUT2D eigenvalue weighted by atomic mass is 9.83. The first-order chi connectivity index (χ1) is 8.74. The third-order valence-electron chi connectivity index (χ3n) is 4.75. The summed E-state index contributed by atoms with van der Waals surface area (Å²) in [5, 5.41) is 0.389. The minimum atomic E-state index is 0.298. The predicted octanol–water partition coefficient (Wildman–Crippen LogP) is 5.45. The first-order valence-electron chi connectivity index (χ1n) is 8.06. The Balaban J connectivity index is 1.63. The minimum absolute atomic E-state index is 0.298. The van der Waals surface area contributed by atoms with Crippen molar-refractivity contribution in [2.75, 3.05) is 0 Å². The molecule has 18 heavy (non-hydrogen) atoms. The molecule has 2 aliphatic rings. The molecule has 1 saturated carbocycles. The summed E-state index contributed by atoms with van der Waals surface area (Å²) >= 11 is 6.27. The summed E-state index contributed by atoms with van der Waals surface area (Å²) < 4.78 is 6.39. The average molecular weight is 273 g/mol. The Hall–Kier alpha value is 0.250. The summed E-state index contributed by atoms with van der Waals surface area (Å²) in [5.74, 6) is 0. The van der Waals surface area contributed by atoms with Crippen molar-refractivity contribution in [2.45, 2.75) is 101 Å². The van der Waals surface area contributed by atoms with E-state index in [1.165, 1.54) is 70.6 Å². The van der Waals surface area contributed by atoms with Crippen molar-refractivity contribution >= 4 is 11.6 Å². The van der Waals surface area contributed by atoms with E-state index in [1.807, 2.05) is 0 Å². The first-order valence-corrected chi connectivity index (χ1v) is 8.50. The maximum atomic E-state index is 6.39. The van der Waals surface area contributed by atoms with Gasteiger partial charge in [-0.05, 0) is 51.4 Å². The van der Waals surface area contributed by atoms with Crippen molar-refractivity contribution in [1.82, 2.24) is 0 Å². The van der Waals surface area contributed by atoms with Crippen LogP contribution >= 0.6 is 11.6 Å². The zero-order valence-electron chi connectivity index (χ0n) is 11.9. The number of alkyl halides is 1. The lowest BCUT2D eigenvalue weighted by Gasteiger charge is -2.33. The Morgan fingerprint density at radius 1 is 1.17 bits per heavy atom. The van der Waals surface area contributed by atoms with E-state index in [1.54, 1.807) is 0 Å². The highest BCUT2D eigenvalue weighted by atomic mass is 35.5. The molecule has 2 rings (SSSR count). The van der Waals surface area contributed by atoms with Gasteiger partial charge in [0.1, 0.15) is 0 Å². The van der Waals surface area contributed by atoms with E-state index in [9.17, 15) is 0 Å². The molecule has 1 saturated heterocycles. The van der Waals surface area contributed by atoms with Crippen molar-refractivity contribution in [3.63, 3.8) is 0 Å². The normalized spacial score (nSPS) is 28.7. The summed E-state index contributed by atoms with van der Waals surface area (Å²) in [6.07, 6.45) is 16.0. The second kappa shape index (κ2) is 7.14. The Morgan fingerprint density at radius 3 is 2.67 bits per heavy atom. The molecule has 0 N–H and O–H groups in total. The topological polar surface area (TPSA) is 9.23 Å². The van der Waals surface area contributed by atoms with Crippen LogP contribution in [0, 0.1) is 0 Å². The number of rotatable bonds is 6. The van der Waals surface area contributed by atoms with Gasteiger partial charge in [-0.15, -0.1) is 11.6 Å². The Kier molecular flexibility index (Phi) is 5.82. The first kappa shape index (κ1) is 14.7. The highest BCUT2D eigenvalue weighted by Gasteiger charge is 2.40. The van der Waals surface area contributed by atoms with E-state index in [0.717, 1.165) is 6.42 Å². The molecule has 1 aliphatic carbocycles. The summed E-state index contributed by atoms with van der Waals surface area (Å²) in [6.45, 7) is 2.21. The molecule has 2 atom stereocenters. The van der Waals surface area contributed by atoms with Crippen LogP contribution in [0.15, 0.2) is 0 Å². The Bertz CT molecular complexity index is 235. The maximum Gasteiger partial charge on any atom is 0.0687 e. The zero-order valence-corrected chi connectivity index (χ0v) is 12.7. The fourth-order valence-electron chi connectivity index (χ4n) is 3.69. The van der Waals surface area contributed by atoms with Crippen LogP contribution in [0.2, 0.25) is 0 Å². The summed E-state index contributed by atoms with van der Waals surface area (Å²) in [4.78, 5) is 0. The third kappa shape index (κ3) is 4.13. The molecule has 1 nitrogen and oxygen atoms in total. The van der Waals surface area contributed by atoms with Crippen molar-refractivity contribution in [3.05, 3.63) is 0 Å². The van der Waals surface area contributed by atoms with Crippen LogP contribution < -0.4 is 0 Å². The molecule has 1 spiro atoms. The average Bonchev–Trinajstić information content (AvgIpc) is 2.74. The van der Waals surface area contributed by atoms with Gasteiger partial charge in [0, 0.05) is 5.38 Å². The van der Waals surface area contributed by atoms with Crippen LogP contribution in [0.25, 0.3) is 0 Å². The van der Waals surface area contributed by atoms with Crippen molar-refractivity contribution in [3.8, 4) is 0 Å². The molecule has 0 amide bonds. The van der Waals surface area contributed by atoms with Crippen LogP contribution in [-0.4, -0.2) is 17.1 Å². The quantitative estimate of drug-likeness (QED) is 0.585. The number of hydrogen-bond acceptors (Lipinski definition) is 1. The molecule has 2 heteroatoms. The van der Waals surface area contributed by atoms with Gasteiger partial charge in [-0.3, -0.25) is 0 Å². The lowest BCUT2D eigenvalue weighted by Crippen LogP contribution is -2.31. The number of hydrogen-bond donors (Lipinski definition) is 0. The summed E-state index contributed by atoms with van der Waals surface area (Å²) in [5.41, 5.74) is 0.298. The Morgan fingerprint density at radius 2 is 1.94 bits per heavy atom. The van der Waals surface area contributed by atoms with Gasteiger partial charge in [0.15, 0.2) is 0 Å². The van der Waals surface area contributed by atoms with Crippen LogP contribution in [0.4, 0.5) is 0 Å². The molecule has 1 aliphatic heterocycles. The monoisotopic (exact) mass is 272 g/mol. The van der Waals surface area contributed by atoms with Gasteiger partial charge in [-0.1, -0.05) is 32.6 Å². The van der Waals surface area contributed by atoms with Gasteiger partial charge in [0.25, 0.3) is 0 Å². The number of halogens is 1. The summed E-state index contributed by atoms with van der Waals surface area (Å²) in [7, 11) is 0. The van der Waals surface area contributed by atoms with Crippen molar-refractivity contribution < 1.29 is 4.74 Å². The minimum Gasteiger partial charge on any atom is -0.372 e. The highest BCUT2D eigenvalue weighted by Crippen LogP contribution is 2.42. The van der Waals surface area contributed by atoms with Crippen LogP contribution in [0.3, 0.4) is 0 Å². The van der Waals surface area contributed by atoms with Gasteiger partial charge in [0.2, 0.25) is 0 Å². The molecule has 1 heterocycles. The second-order valence-electron chi connectivity index (χ2n) is 6.34. The van der Waals surface area contributed by atoms with E-state index in [-0.39, 0.29) is 0 Å². The van der Waals surface area contributed by atoms with E-state index < -0.39 is 0 Å². The van der Waals surface area contributed by atoms with E-state index in [0.29, 0.717) is 17.1 Å².